The largest absolute Gasteiger partial charge is 0.379 e. The maximum Gasteiger partial charge on any atom is 0.107 e. The molecule has 96 valence electrons. The van der Waals surface area contributed by atoms with Crippen LogP contribution >= 0.6 is 0 Å². The van der Waals surface area contributed by atoms with Gasteiger partial charge in [0.15, 0.2) is 0 Å². The lowest BCUT2D eigenvalue weighted by atomic mass is 10.4. The summed E-state index contributed by atoms with van der Waals surface area (Å²) < 4.78 is 10.4. The molecular weight excluding hydrogens is 206 g/mol. The Hall–Kier alpha value is -0.200. The summed E-state index contributed by atoms with van der Waals surface area (Å²) in [5.41, 5.74) is 0. The topological polar surface area (TPSA) is 45.8 Å². The van der Waals surface area contributed by atoms with Crippen LogP contribution in [-0.2, 0) is 9.47 Å². The molecule has 1 unspecified atom stereocenters. The van der Waals surface area contributed by atoms with E-state index in [1.165, 1.54) is 0 Å². The summed E-state index contributed by atoms with van der Waals surface area (Å²) in [4.78, 5) is 2.27. The first-order chi connectivity index (χ1) is 7.84. The van der Waals surface area contributed by atoms with Crippen LogP contribution in [0.25, 0.3) is 0 Å². The van der Waals surface area contributed by atoms with Crippen LogP contribution in [0.2, 0.25) is 0 Å². The number of hydrogen-bond donors (Lipinski definition) is 2. The summed E-state index contributed by atoms with van der Waals surface area (Å²) in [5.74, 6) is 0. The normalized spacial score (nSPS) is 24.4. The number of methoxy groups -OCH3 is 1. The fourth-order valence-corrected chi connectivity index (χ4v) is 1.69. The lowest BCUT2D eigenvalue weighted by molar-refractivity contribution is -0.0689. The molecule has 0 aliphatic carbocycles. The first kappa shape index (κ1) is 13.9. The molecule has 2 aliphatic rings. The van der Waals surface area contributed by atoms with E-state index in [1.54, 1.807) is 7.11 Å². The maximum absolute atomic E-state index is 5.20. The number of ether oxygens (including phenoxy) is 2. The average Bonchev–Trinajstić information content (AvgIpc) is 2.41. The van der Waals surface area contributed by atoms with Crippen molar-refractivity contribution in [2.75, 3.05) is 59.6 Å². The van der Waals surface area contributed by atoms with E-state index in [2.05, 4.69) is 22.5 Å². The van der Waals surface area contributed by atoms with E-state index < -0.39 is 0 Å². The third-order valence-electron chi connectivity index (χ3n) is 2.86. The Bertz CT molecular complexity index is 148. The minimum atomic E-state index is 0.240. The summed E-state index contributed by atoms with van der Waals surface area (Å²) in [7, 11) is 1.74. The molecule has 2 heterocycles. The first-order valence-electron chi connectivity index (χ1n) is 6.10. The van der Waals surface area contributed by atoms with Gasteiger partial charge in [0.05, 0.1) is 13.2 Å². The van der Waals surface area contributed by atoms with E-state index in [1.807, 2.05) is 0 Å². The quantitative estimate of drug-likeness (QED) is 0.670. The molecule has 0 aromatic heterocycles. The second kappa shape index (κ2) is 8.90. The maximum atomic E-state index is 5.20. The second-order valence-corrected chi connectivity index (χ2v) is 3.98. The second-order valence-electron chi connectivity index (χ2n) is 3.98. The Morgan fingerprint density at radius 2 is 1.56 bits per heavy atom. The van der Waals surface area contributed by atoms with E-state index in [0.29, 0.717) is 0 Å². The van der Waals surface area contributed by atoms with Gasteiger partial charge >= 0.3 is 0 Å². The molecule has 0 aromatic rings. The number of nitrogens with zero attached hydrogens (tertiary/aromatic N) is 1. The molecular formula is C11H25N3O2. The number of rotatable bonds is 2. The zero-order chi connectivity index (χ0) is 11.6. The lowest BCUT2D eigenvalue weighted by Gasteiger charge is -2.30. The van der Waals surface area contributed by atoms with Gasteiger partial charge in [-0.2, -0.15) is 0 Å². The number of piperazine rings is 1. The van der Waals surface area contributed by atoms with E-state index in [0.717, 1.165) is 52.5 Å². The Morgan fingerprint density at radius 3 is 1.94 bits per heavy atom. The van der Waals surface area contributed by atoms with Crippen LogP contribution in [0.3, 0.4) is 0 Å². The minimum Gasteiger partial charge on any atom is -0.379 e. The van der Waals surface area contributed by atoms with Gasteiger partial charge in [0.1, 0.15) is 6.23 Å². The van der Waals surface area contributed by atoms with Gasteiger partial charge in [0.2, 0.25) is 0 Å². The van der Waals surface area contributed by atoms with Crippen molar-refractivity contribution in [2.24, 2.45) is 0 Å². The summed E-state index contributed by atoms with van der Waals surface area (Å²) in [5, 5.41) is 6.44. The summed E-state index contributed by atoms with van der Waals surface area (Å²) in [6.07, 6.45) is 0.240. The van der Waals surface area contributed by atoms with E-state index in [4.69, 9.17) is 9.47 Å². The third-order valence-corrected chi connectivity index (χ3v) is 2.86. The molecule has 0 bridgehead atoms. The Labute approximate surface area is 98.5 Å². The molecule has 0 aromatic carbocycles. The van der Waals surface area contributed by atoms with Crippen molar-refractivity contribution in [1.29, 1.82) is 0 Å². The van der Waals surface area contributed by atoms with Gasteiger partial charge in [-0.25, -0.2) is 0 Å². The number of nitrogens with one attached hydrogen (secondary N) is 2. The highest BCUT2D eigenvalue weighted by molar-refractivity contribution is 4.62. The molecule has 5 heteroatoms. The number of hydrogen-bond acceptors (Lipinski definition) is 5. The van der Waals surface area contributed by atoms with Crippen molar-refractivity contribution in [1.82, 2.24) is 15.5 Å². The van der Waals surface area contributed by atoms with Gasteiger partial charge in [0, 0.05) is 46.4 Å². The van der Waals surface area contributed by atoms with Crippen molar-refractivity contribution >= 4 is 0 Å². The van der Waals surface area contributed by atoms with Gasteiger partial charge in [-0.15, -0.1) is 0 Å². The van der Waals surface area contributed by atoms with Crippen molar-refractivity contribution in [3.63, 3.8) is 0 Å². The Morgan fingerprint density at radius 1 is 1.06 bits per heavy atom. The highest BCUT2D eigenvalue weighted by Gasteiger charge is 2.15. The first-order valence-corrected chi connectivity index (χ1v) is 6.10. The summed E-state index contributed by atoms with van der Waals surface area (Å²) >= 11 is 0. The van der Waals surface area contributed by atoms with E-state index in [-0.39, 0.29) is 6.23 Å². The molecule has 0 radical (unpaired) electrons. The predicted octanol–water partition coefficient (Wildman–Crippen LogP) is -0.510. The van der Waals surface area contributed by atoms with Crippen molar-refractivity contribution in [3.8, 4) is 0 Å². The van der Waals surface area contributed by atoms with Crippen LogP contribution in [0.1, 0.15) is 6.92 Å². The third kappa shape index (κ3) is 5.77. The molecule has 0 spiro atoms. The van der Waals surface area contributed by atoms with Crippen LogP contribution in [0, 0.1) is 0 Å². The van der Waals surface area contributed by atoms with Gasteiger partial charge in [-0.05, 0) is 6.92 Å². The molecule has 1 atom stereocenters. The summed E-state index contributed by atoms with van der Waals surface area (Å²) in [6, 6.07) is 0. The standard InChI is InChI=1S/C7H15NO2.C4H10N2/c1-7(9-2)8-3-5-10-6-4-8;1-2-6-4-3-5-1/h7H,3-6H2,1-2H3;5-6H,1-4H2. The van der Waals surface area contributed by atoms with Crippen LogP contribution in [0.4, 0.5) is 0 Å². The van der Waals surface area contributed by atoms with Crippen LogP contribution in [0.15, 0.2) is 0 Å². The van der Waals surface area contributed by atoms with Crippen LogP contribution in [-0.4, -0.2) is 70.7 Å². The lowest BCUT2D eigenvalue weighted by Crippen LogP contribution is -2.42. The molecule has 0 saturated carbocycles. The molecule has 2 saturated heterocycles. The minimum absolute atomic E-state index is 0.240. The molecule has 2 N–H and O–H groups in total. The van der Waals surface area contributed by atoms with Gasteiger partial charge in [-0.1, -0.05) is 0 Å². The van der Waals surface area contributed by atoms with E-state index in [9.17, 15) is 0 Å². The zero-order valence-corrected chi connectivity index (χ0v) is 10.5. The highest BCUT2D eigenvalue weighted by atomic mass is 16.5. The monoisotopic (exact) mass is 231 g/mol. The average molecular weight is 231 g/mol. The smallest absolute Gasteiger partial charge is 0.107 e. The SMILES string of the molecule is C1CNCCN1.COC(C)N1CCOCC1. The fourth-order valence-electron chi connectivity index (χ4n) is 1.69. The van der Waals surface area contributed by atoms with Crippen LogP contribution in [0.5, 0.6) is 0 Å². The van der Waals surface area contributed by atoms with Gasteiger partial charge in [-0.3, -0.25) is 4.90 Å². The molecule has 2 fully saturated rings. The molecule has 2 aliphatic heterocycles. The van der Waals surface area contributed by atoms with Gasteiger partial charge in [0.25, 0.3) is 0 Å². The Kier molecular flexibility index (Phi) is 7.71. The molecule has 5 nitrogen and oxygen atoms in total. The van der Waals surface area contributed by atoms with Crippen molar-refractivity contribution in [2.45, 2.75) is 13.2 Å². The van der Waals surface area contributed by atoms with E-state index >= 15 is 0 Å². The van der Waals surface area contributed by atoms with Crippen molar-refractivity contribution in [3.05, 3.63) is 0 Å². The Balaban J connectivity index is 0.000000181. The zero-order valence-electron chi connectivity index (χ0n) is 10.5. The van der Waals surface area contributed by atoms with Gasteiger partial charge < -0.3 is 20.1 Å². The van der Waals surface area contributed by atoms with Crippen LogP contribution < -0.4 is 10.6 Å². The molecule has 2 rings (SSSR count). The number of morpholine rings is 1. The summed E-state index contributed by atoms with van der Waals surface area (Å²) in [6.45, 7) is 10.3. The molecule has 0 amide bonds. The molecule has 16 heavy (non-hydrogen) atoms. The van der Waals surface area contributed by atoms with Crippen molar-refractivity contribution < 1.29 is 9.47 Å². The highest BCUT2D eigenvalue weighted by Crippen LogP contribution is 2.02. The fraction of sp³-hybridized carbons (Fsp3) is 1.00. The predicted molar refractivity (Wildman–Crippen MR) is 64.6 cm³/mol.